The third kappa shape index (κ3) is 3.03. The molecule has 0 aliphatic rings. The van der Waals surface area contributed by atoms with E-state index >= 15 is 0 Å². The third-order valence-electron chi connectivity index (χ3n) is 4.82. The molecular weight excluding hydrogens is 342 g/mol. The van der Waals surface area contributed by atoms with Crippen molar-refractivity contribution >= 4 is 21.9 Å². The zero-order chi connectivity index (χ0) is 19.0. The highest BCUT2D eigenvalue weighted by molar-refractivity contribution is 6.04. The number of hydrogen-bond acceptors (Lipinski definition) is 4. The highest BCUT2D eigenvalue weighted by Crippen LogP contribution is 2.28. The van der Waals surface area contributed by atoms with Crippen LogP contribution in [0, 0.1) is 6.92 Å². The summed E-state index contributed by atoms with van der Waals surface area (Å²) in [6.07, 6.45) is 2.31. The number of hydrogen-bond donors (Lipinski definition) is 1. The first-order valence-electron chi connectivity index (χ1n) is 8.79. The Morgan fingerprint density at radius 1 is 1.07 bits per heavy atom. The fourth-order valence-corrected chi connectivity index (χ4v) is 3.35. The molecule has 4 aromatic rings. The highest BCUT2D eigenvalue weighted by atomic mass is 16.5. The fourth-order valence-electron chi connectivity index (χ4n) is 3.35. The minimum atomic E-state index is -0.0608. The summed E-state index contributed by atoms with van der Waals surface area (Å²) in [7, 11) is 3.22. The molecule has 6 heteroatoms. The average molecular weight is 363 g/mol. The van der Waals surface area contributed by atoms with Crippen molar-refractivity contribution in [3.63, 3.8) is 0 Å². The van der Waals surface area contributed by atoms with Crippen molar-refractivity contribution in [3.05, 3.63) is 64.2 Å². The summed E-state index contributed by atoms with van der Waals surface area (Å²) in [5, 5.41) is 0.972. The van der Waals surface area contributed by atoms with Crippen LogP contribution in [0.4, 0.5) is 0 Å². The van der Waals surface area contributed by atoms with E-state index in [2.05, 4.69) is 9.97 Å². The summed E-state index contributed by atoms with van der Waals surface area (Å²) in [5.74, 6) is 1.37. The van der Waals surface area contributed by atoms with Gasteiger partial charge in [-0.3, -0.25) is 9.36 Å². The van der Waals surface area contributed by atoms with Crippen LogP contribution in [0.2, 0.25) is 0 Å². The summed E-state index contributed by atoms with van der Waals surface area (Å²) < 4.78 is 12.2. The van der Waals surface area contributed by atoms with E-state index in [1.165, 1.54) is 0 Å². The molecule has 4 rings (SSSR count). The van der Waals surface area contributed by atoms with Gasteiger partial charge in [-0.15, -0.1) is 0 Å². The molecule has 2 aromatic heterocycles. The number of benzene rings is 2. The van der Waals surface area contributed by atoms with Crippen molar-refractivity contribution in [2.45, 2.75) is 19.9 Å². The van der Waals surface area contributed by atoms with Crippen LogP contribution in [0.5, 0.6) is 11.5 Å². The molecule has 0 saturated carbocycles. The number of ether oxygens (including phenoxy) is 2. The maximum Gasteiger partial charge on any atom is 0.277 e. The molecule has 138 valence electrons. The Hall–Kier alpha value is -3.28. The average Bonchev–Trinajstić information content (AvgIpc) is 3.05. The number of aryl methyl sites for hydroxylation is 3. The van der Waals surface area contributed by atoms with E-state index in [1.54, 1.807) is 25.1 Å². The minimum Gasteiger partial charge on any atom is -0.493 e. The van der Waals surface area contributed by atoms with Gasteiger partial charge in [0.15, 0.2) is 11.5 Å². The molecule has 0 unspecified atom stereocenters. The van der Waals surface area contributed by atoms with Gasteiger partial charge in [0.25, 0.3) is 5.56 Å². The highest BCUT2D eigenvalue weighted by Gasteiger charge is 2.11. The lowest BCUT2D eigenvalue weighted by molar-refractivity contribution is 0.354. The second-order valence-corrected chi connectivity index (χ2v) is 6.58. The standard InChI is InChI=1S/C21H21N3O3/c1-13-4-6-15-16(10-13)23-20-19(15)22-12-24(21(20)25)9-8-14-5-7-17(26-2)18(11-14)27-3/h4-7,10-12,23H,8-9H2,1-3H3. The molecular formula is C21H21N3O3. The van der Waals surface area contributed by atoms with E-state index in [-0.39, 0.29) is 5.56 Å². The van der Waals surface area contributed by atoms with Gasteiger partial charge in [-0.1, -0.05) is 18.2 Å². The normalized spacial score (nSPS) is 11.2. The second kappa shape index (κ2) is 6.79. The maximum absolute atomic E-state index is 12.9. The van der Waals surface area contributed by atoms with Crippen LogP contribution in [0.15, 0.2) is 47.5 Å². The van der Waals surface area contributed by atoms with Crippen LogP contribution in [0.3, 0.4) is 0 Å². The quantitative estimate of drug-likeness (QED) is 0.590. The topological polar surface area (TPSA) is 69.1 Å². The van der Waals surface area contributed by atoms with Gasteiger partial charge < -0.3 is 14.5 Å². The molecule has 0 bridgehead atoms. The van der Waals surface area contributed by atoms with Crippen molar-refractivity contribution in [2.24, 2.45) is 0 Å². The van der Waals surface area contributed by atoms with Crippen molar-refractivity contribution < 1.29 is 9.47 Å². The monoisotopic (exact) mass is 363 g/mol. The summed E-state index contributed by atoms with van der Waals surface area (Å²) in [6, 6.07) is 11.8. The molecule has 27 heavy (non-hydrogen) atoms. The molecule has 0 aliphatic heterocycles. The third-order valence-corrected chi connectivity index (χ3v) is 4.82. The number of fused-ring (bicyclic) bond motifs is 3. The lowest BCUT2D eigenvalue weighted by atomic mass is 10.1. The predicted molar refractivity (Wildman–Crippen MR) is 106 cm³/mol. The van der Waals surface area contributed by atoms with Crippen molar-refractivity contribution in [1.29, 1.82) is 0 Å². The van der Waals surface area contributed by atoms with E-state index in [9.17, 15) is 4.79 Å². The van der Waals surface area contributed by atoms with Gasteiger partial charge in [0.1, 0.15) is 11.0 Å². The van der Waals surface area contributed by atoms with Crippen molar-refractivity contribution in [1.82, 2.24) is 14.5 Å². The SMILES string of the molecule is COc1ccc(CCn2cnc3c([nH]c4cc(C)ccc43)c2=O)cc1OC. The Morgan fingerprint density at radius 2 is 1.89 bits per heavy atom. The van der Waals surface area contributed by atoms with Crippen LogP contribution in [-0.4, -0.2) is 28.8 Å². The fraction of sp³-hybridized carbons (Fsp3) is 0.238. The van der Waals surface area contributed by atoms with Crippen LogP contribution < -0.4 is 15.0 Å². The van der Waals surface area contributed by atoms with E-state index < -0.39 is 0 Å². The molecule has 0 amide bonds. The number of aromatic nitrogens is 3. The Kier molecular flexibility index (Phi) is 4.32. The molecule has 0 atom stereocenters. The number of rotatable bonds is 5. The Morgan fingerprint density at radius 3 is 2.67 bits per heavy atom. The van der Waals surface area contributed by atoms with E-state index in [0.717, 1.165) is 27.5 Å². The first kappa shape index (κ1) is 17.1. The van der Waals surface area contributed by atoms with Gasteiger partial charge >= 0.3 is 0 Å². The van der Waals surface area contributed by atoms with Crippen LogP contribution in [0.25, 0.3) is 21.9 Å². The van der Waals surface area contributed by atoms with E-state index in [0.29, 0.717) is 30.0 Å². The van der Waals surface area contributed by atoms with Crippen molar-refractivity contribution in [2.75, 3.05) is 14.2 Å². The van der Waals surface area contributed by atoms with E-state index in [1.807, 2.05) is 43.3 Å². The Balaban J connectivity index is 1.65. The second-order valence-electron chi connectivity index (χ2n) is 6.58. The Bertz CT molecular complexity index is 1190. The molecule has 6 nitrogen and oxygen atoms in total. The molecule has 0 saturated heterocycles. The first-order chi connectivity index (χ1) is 13.1. The van der Waals surface area contributed by atoms with Gasteiger partial charge in [-0.25, -0.2) is 4.98 Å². The van der Waals surface area contributed by atoms with E-state index in [4.69, 9.17) is 9.47 Å². The van der Waals surface area contributed by atoms with Crippen LogP contribution >= 0.6 is 0 Å². The zero-order valence-corrected chi connectivity index (χ0v) is 15.6. The number of aromatic amines is 1. The maximum atomic E-state index is 12.9. The molecule has 2 heterocycles. The Labute approximate surface area is 156 Å². The van der Waals surface area contributed by atoms with Gasteiger partial charge in [-0.05, 0) is 42.7 Å². The van der Waals surface area contributed by atoms with Gasteiger partial charge in [0.05, 0.1) is 20.5 Å². The predicted octanol–water partition coefficient (Wildman–Crippen LogP) is 3.45. The van der Waals surface area contributed by atoms with Crippen LogP contribution in [0.1, 0.15) is 11.1 Å². The molecule has 2 aromatic carbocycles. The molecule has 0 spiro atoms. The summed E-state index contributed by atoms with van der Waals surface area (Å²) in [4.78, 5) is 20.6. The largest absolute Gasteiger partial charge is 0.493 e. The number of H-pyrrole nitrogens is 1. The lowest BCUT2D eigenvalue weighted by Crippen LogP contribution is -2.21. The lowest BCUT2D eigenvalue weighted by Gasteiger charge is -2.10. The van der Waals surface area contributed by atoms with Gasteiger partial charge in [0, 0.05) is 17.4 Å². The molecule has 0 radical (unpaired) electrons. The zero-order valence-electron chi connectivity index (χ0n) is 15.6. The smallest absolute Gasteiger partial charge is 0.277 e. The number of nitrogens with zero attached hydrogens (tertiary/aromatic N) is 2. The number of methoxy groups -OCH3 is 2. The van der Waals surface area contributed by atoms with Gasteiger partial charge in [-0.2, -0.15) is 0 Å². The summed E-state index contributed by atoms with van der Waals surface area (Å²) >= 11 is 0. The first-order valence-corrected chi connectivity index (χ1v) is 8.79. The van der Waals surface area contributed by atoms with Crippen molar-refractivity contribution in [3.8, 4) is 11.5 Å². The molecule has 1 N–H and O–H groups in total. The molecule has 0 fully saturated rings. The number of nitrogens with one attached hydrogen (secondary N) is 1. The minimum absolute atomic E-state index is 0.0608. The van der Waals surface area contributed by atoms with Crippen LogP contribution in [-0.2, 0) is 13.0 Å². The molecule has 0 aliphatic carbocycles. The van der Waals surface area contributed by atoms with Gasteiger partial charge in [0.2, 0.25) is 0 Å². The summed E-state index contributed by atoms with van der Waals surface area (Å²) in [6.45, 7) is 2.56. The summed E-state index contributed by atoms with van der Waals surface area (Å²) in [5.41, 5.74) is 4.35.